The first-order valence-corrected chi connectivity index (χ1v) is 7.53. The number of ether oxygens (including phenoxy) is 1. The van der Waals surface area contributed by atoms with Crippen LogP contribution >= 0.6 is 0 Å². The number of carbonyl (C=O) groups excluding carboxylic acids is 1. The number of anilines is 1. The number of carbonyl (C=O) groups is 1. The molecule has 1 atom stereocenters. The summed E-state index contributed by atoms with van der Waals surface area (Å²) in [5.41, 5.74) is 6.81. The lowest BCUT2D eigenvalue weighted by Gasteiger charge is -2.36. The number of amides is 1. The van der Waals surface area contributed by atoms with Crippen LogP contribution in [0.3, 0.4) is 0 Å². The highest BCUT2D eigenvalue weighted by molar-refractivity contribution is 5.76. The van der Waals surface area contributed by atoms with E-state index in [0.29, 0.717) is 6.42 Å². The molecule has 1 heterocycles. The van der Waals surface area contributed by atoms with Gasteiger partial charge >= 0.3 is 0 Å². The van der Waals surface area contributed by atoms with E-state index in [1.54, 1.807) is 7.11 Å². The molecule has 1 saturated heterocycles. The molecule has 0 spiro atoms. The van der Waals surface area contributed by atoms with Gasteiger partial charge in [0.1, 0.15) is 5.75 Å². The average molecular weight is 291 g/mol. The highest BCUT2D eigenvalue weighted by Gasteiger charge is 2.22. The number of nitrogens with two attached hydrogens (primary N) is 1. The monoisotopic (exact) mass is 291 g/mol. The number of benzene rings is 1. The van der Waals surface area contributed by atoms with Crippen molar-refractivity contribution in [1.82, 2.24) is 4.90 Å². The van der Waals surface area contributed by atoms with Crippen LogP contribution in [0.25, 0.3) is 0 Å². The second-order valence-electron chi connectivity index (χ2n) is 5.56. The fourth-order valence-corrected chi connectivity index (χ4v) is 2.60. The summed E-state index contributed by atoms with van der Waals surface area (Å²) in [5, 5.41) is 0. The van der Waals surface area contributed by atoms with Crippen LogP contribution in [0.2, 0.25) is 0 Å². The molecule has 1 aromatic rings. The van der Waals surface area contributed by atoms with Crippen LogP contribution in [-0.4, -0.2) is 50.1 Å². The molecule has 21 heavy (non-hydrogen) atoms. The fraction of sp³-hybridized carbons (Fsp3) is 0.562. The molecule has 116 valence electrons. The molecule has 1 amide bonds. The number of para-hydroxylation sites is 2. The van der Waals surface area contributed by atoms with E-state index in [0.717, 1.165) is 44.0 Å². The maximum atomic E-state index is 12.1. The van der Waals surface area contributed by atoms with Crippen molar-refractivity contribution in [2.75, 3.05) is 38.2 Å². The van der Waals surface area contributed by atoms with Gasteiger partial charge in [0.25, 0.3) is 0 Å². The summed E-state index contributed by atoms with van der Waals surface area (Å²) in [6.45, 7) is 5.13. The lowest BCUT2D eigenvalue weighted by Crippen LogP contribution is -2.49. The van der Waals surface area contributed by atoms with Gasteiger partial charge in [-0.2, -0.15) is 0 Å². The number of methoxy groups -OCH3 is 1. The van der Waals surface area contributed by atoms with Crippen LogP contribution in [0.5, 0.6) is 5.75 Å². The van der Waals surface area contributed by atoms with Gasteiger partial charge in [0.2, 0.25) is 5.91 Å². The van der Waals surface area contributed by atoms with Crippen LogP contribution in [0.4, 0.5) is 5.69 Å². The zero-order valence-electron chi connectivity index (χ0n) is 12.9. The normalized spacial score (nSPS) is 16.7. The Morgan fingerprint density at radius 1 is 1.29 bits per heavy atom. The van der Waals surface area contributed by atoms with Gasteiger partial charge in [-0.1, -0.05) is 12.1 Å². The molecule has 2 rings (SSSR count). The van der Waals surface area contributed by atoms with E-state index in [1.807, 2.05) is 30.0 Å². The van der Waals surface area contributed by atoms with E-state index in [2.05, 4.69) is 11.0 Å². The molecule has 1 aliphatic heterocycles. The Morgan fingerprint density at radius 3 is 2.57 bits per heavy atom. The fourth-order valence-electron chi connectivity index (χ4n) is 2.60. The van der Waals surface area contributed by atoms with Gasteiger partial charge in [0, 0.05) is 38.6 Å². The Hall–Kier alpha value is -1.75. The smallest absolute Gasteiger partial charge is 0.222 e. The van der Waals surface area contributed by atoms with Crippen molar-refractivity contribution in [3.63, 3.8) is 0 Å². The van der Waals surface area contributed by atoms with Gasteiger partial charge in [-0.3, -0.25) is 4.79 Å². The van der Waals surface area contributed by atoms with Crippen LogP contribution in [-0.2, 0) is 4.79 Å². The minimum absolute atomic E-state index is 0.0869. The van der Waals surface area contributed by atoms with Crippen molar-refractivity contribution < 1.29 is 9.53 Å². The lowest BCUT2D eigenvalue weighted by atomic mass is 10.1. The first-order valence-electron chi connectivity index (χ1n) is 7.53. The number of rotatable bonds is 5. The molecule has 0 radical (unpaired) electrons. The van der Waals surface area contributed by atoms with Crippen LogP contribution in [0.1, 0.15) is 19.8 Å². The molecule has 1 aromatic carbocycles. The molecule has 5 heteroatoms. The first kappa shape index (κ1) is 15.6. The average Bonchev–Trinajstić information content (AvgIpc) is 2.52. The Morgan fingerprint density at radius 2 is 1.95 bits per heavy atom. The maximum absolute atomic E-state index is 12.1. The summed E-state index contributed by atoms with van der Waals surface area (Å²) in [7, 11) is 1.69. The quantitative estimate of drug-likeness (QED) is 0.892. The van der Waals surface area contributed by atoms with Crippen molar-refractivity contribution in [3.8, 4) is 5.75 Å². The van der Waals surface area contributed by atoms with Gasteiger partial charge in [0.15, 0.2) is 0 Å². The van der Waals surface area contributed by atoms with Crippen molar-refractivity contribution in [3.05, 3.63) is 24.3 Å². The largest absolute Gasteiger partial charge is 0.495 e. The van der Waals surface area contributed by atoms with Crippen LogP contribution in [0.15, 0.2) is 24.3 Å². The lowest BCUT2D eigenvalue weighted by molar-refractivity contribution is -0.131. The summed E-state index contributed by atoms with van der Waals surface area (Å²) in [6.07, 6.45) is 1.30. The van der Waals surface area contributed by atoms with E-state index in [9.17, 15) is 4.79 Å². The van der Waals surface area contributed by atoms with E-state index in [-0.39, 0.29) is 11.9 Å². The van der Waals surface area contributed by atoms with E-state index < -0.39 is 0 Å². The molecule has 1 aliphatic rings. The second kappa shape index (κ2) is 7.31. The summed E-state index contributed by atoms with van der Waals surface area (Å²) in [5.74, 6) is 1.10. The predicted molar refractivity (Wildman–Crippen MR) is 84.7 cm³/mol. The molecular weight excluding hydrogens is 266 g/mol. The van der Waals surface area contributed by atoms with Gasteiger partial charge < -0.3 is 20.3 Å². The third kappa shape index (κ3) is 4.11. The minimum atomic E-state index is 0.0869. The topological polar surface area (TPSA) is 58.8 Å². The minimum Gasteiger partial charge on any atom is -0.495 e. The molecule has 0 aliphatic carbocycles. The Bertz CT molecular complexity index is 468. The van der Waals surface area contributed by atoms with Crippen molar-refractivity contribution in [1.29, 1.82) is 0 Å². The van der Waals surface area contributed by atoms with Crippen molar-refractivity contribution >= 4 is 11.6 Å². The highest BCUT2D eigenvalue weighted by atomic mass is 16.5. The molecule has 0 saturated carbocycles. The molecule has 1 unspecified atom stereocenters. The van der Waals surface area contributed by atoms with Crippen LogP contribution < -0.4 is 15.4 Å². The van der Waals surface area contributed by atoms with E-state index in [1.165, 1.54) is 0 Å². The highest BCUT2D eigenvalue weighted by Crippen LogP contribution is 2.28. The van der Waals surface area contributed by atoms with E-state index in [4.69, 9.17) is 10.5 Å². The molecule has 0 aromatic heterocycles. The molecule has 0 bridgehead atoms. The van der Waals surface area contributed by atoms with Gasteiger partial charge in [-0.25, -0.2) is 0 Å². The van der Waals surface area contributed by atoms with Crippen LogP contribution in [0, 0.1) is 0 Å². The predicted octanol–water partition coefficient (Wildman–Crippen LogP) is 1.47. The summed E-state index contributed by atoms with van der Waals surface area (Å²) in [4.78, 5) is 16.3. The number of nitrogens with zero attached hydrogens (tertiary/aromatic N) is 2. The molecule has 2 N–H and O–H groups in total. The molecule has 5 nitrogen and oxygen atoms in total. The zero-order valence-corrected chi connectivity index (χ0v) is 12.9. The maximum Gasteiger partial charge on any atom is 0.222 e. The third-order valence-electron chi connectivity index (χ3n) is 3.87. The summed E-state index contributed by atoms with van der Waals surface area (Å²) >= 11 is 0. The van der Waals surface area contributed by atoms with Crippen molar-refractivity contribution in [2.45, 2.75) is 25.8 Å². The van der Waals surface area contributed by atoms with Crippen molar-refractivity contribution in [2.24, 2.45) is 5.73 Å². The van der Waals surface area contributed by atoms with Gasteiger partial charge in [-0.15, -0.1) is 0 Å². The molecule has 1 fully saturated rings. The standard InChI is InChI=1S/C16H25N3O2/c1-13(17)7-8-16(20)19-11-9-18(10-12-19)14-5-3-4-6-15(14)21-2/h3-6,13H,7-12,17H2,1-2H3. The second-order valence-corrected chi connectivity index (χ2v) is 5.56. The Balaban J connectivity index is 1.89. The molecular formula is C16H25N3O2. The third-order valence-corrected chi connectivity index (χ3v) is 3.87. The summed E-state index contributed by atoms with van der Waals surface area (Å²) < 4.78 is 5.40. The zero-order chi connectivity index (χ0) is 15.2. The first-order chi connectivity index (χ1) is 10.1. The number of piperazine rings is 1. The number of hydrogen-bond donors (Lipinski definition) is 1. The van der Waals surface area contributed by atoms with E-state index >= 15 is 0 Å². The van der Waals surface area contributed by atoms with Gasteiger partial charge in [0.05, 0.1) is 12.8 Å². The Labute approximate surface area is 126 Å². The van der Waals surface area contributed by atoms with Gasteiger partial charge in [-0.05, 0) is 25.5 Å². The number of hydrogen-bond acceptors (Lipinski definition) is 4. The SMILES string of the molecule is COc1ccccc1N1CCN(C(=O)CCC(C)N)CC1. The summed E-state index contributed by atoms with van der Waals surface area (Å²) in [6, 6.07) is 8.10. The Kier molecular flexibility index (Phi) is 5.44.